The third kappa shape index (κ3) is 2.11. The summed E-state index contributed by atoms with van der Waals surface area (Å²) in [7, 11) is 1.52. The number of likely N-dealkylation sites (tertiary alicyclic amines) is 1. The van der Waals surface area contributed by atoms with Gasteiger partial charge in [0, 0.05) is 7.11 Å². The first-order valence-corrected chi connectivity index (χ1v) is 6.99. The molecule has 2 fully saturated rings. The van der Waals surface area contributed by atoms with Gasteiger partial charge in [-0.3, -0.25) is 4.79 Å². The van der Waals surface area contributed by atoms with Crippen LogP contribution in [0.2, 0.25) is 0 Å². The fraction of sp³-hybridized carbons (Fsp3) is 0.500. The number of hydrogen-bond donors (Lipinski definition) is 0. The maximum atomic E-state index is 12.2. The van der Waals surface area contributed by atoms with Gasteiger partial charge in [0.25, 0.3) is 5.91 Å². The molecular weight excluding hydrogens is 268 g/mol. The zero-order chi connectivity index (χ0) is 15.2. The number of amides is 1. The molecule has 0 aromatic heterocycles. The van der Waals surface area contributed by atoms with E-state index in [4.69, 9.17) is 9.47 Å². The normalized spacial score (nSPS) is 31.5. The summed E-state index contributed by atoms with van der Waals surface area (Å²) < 4.78 is 11.1. The van der Waals surface area contributed by atoms with E-state index in [9.17, 15) is 10.1 Å². The molecule has 21 heavy (non-hydrogen) atoms. The first-order chi connectivity index (χ1) is 10.0. The van der Waals surface area contributed by atoms with E-state index in [1.54, 1.807) is 18.7 Å². The highest BCUT2D eigenvalue weighted by Crippen LogP contribution is 2.48. The number of carbonyl (C=O) groups is 1. The van der Waals surface area contributed by atoms with Gasteiger partial charge in [-0.05, 0) is 19.4 Å². The highest BCUT2D eigenvalue weighted by Gasteiger charge is 2.63. The Morgan fingerprint density at radius 1 is 1.33 bits per heavy atom. The molecule has 0 aliphatic carbocycles. The predicted octanol–water partition coefficient (Wildman–Crippen LogP) is 1.65. The number of benzene rings is 1. The highest BCUT2D eigenvalue weighted by molar-refractivity contribution is 5.90. The van der Waals surface area contributed by atoms with E-state index in [1.807, 2.05) is 30.3 Å². The summed E-state index contributed by atoms with van der Waals surface area (Å²) in [4.78, 5) is 13.8. The minimum absolute atomic E-state index is 0.0288. The van der Waals surface area contributed by atoms with E-state index in [-0.39, 0.29) is 24.2 Å². The van der Waals surface area contributed by atoms with Crippen LogP contribution in [0.4, 0.5) is 0 Å². The fourth-order valence-electron chi connectivity index (χ4n) is 3.04. The Morgan fingerprint density at radius 3 is 2.57 bits per heavy atom. The molecule has 5 nitrogen and oxygen atoms in total. The number of rotatable bonds is 4. The van der Waals surface area contributed by atoms with Crippen LogP contribution in [-0.4, -0.2) is 41.7 Å². The Hall–Kier alpha value is -1.90. The van der Waals surface area contributed by atoms with Crippen LogP contribution in [0.15, 0.2) is 30.3 Å². The quantitative estimate of drug-likeness (QED) is 0.623. The number of nitrogens with zero attached hydrogens (tertiary/aromatic N) is 2. The molecule has 0 unspecified atom stereocenters. The van der Waals surface area contributed by atoms with Crippen molar-refractivity contribution in [3.8, 4) is 6.07 Å². The maximum Gasteiger partial charge on any atom is 0.255 e. The lowest BCUT2D eigenvalue weighted by Crippen LogP contribution is -2.73. The van der Waals surface area contributed by atoms with Crippen LogP contribution >= 0.6 is 0 Å². The zero-order valence-corrected chi connectivity index (χ0v) is 12.3. The summed E-state index contributed by atoms with van der Waals surface area (Å²) in [5, 5.41) is 9.28. The van der Waals surface area contributed by atoms with Crippen molar-refractivity contribution < 1.29 is 14.3 Å². The van der Waals surface area contributed by atoms with Gasteiger partial charge >= 0.3 is 0 Å². The molecule has 0 saturated carbocycles. The van der Waals surface area contributed by atoms with Gasteiger partial charge in [-0.25, -0.2) is 0 Å². The Labute approximate surface area is 124 Å². The fourth-order valence-corrected chi connectivity index (χ4v) is 3.04. The molecule has 4 atom stereocenters. The van der Waals surface area contributed by atoms with E-state index in [0.29, 0.717) is 0 Å². The zero-order valence-electron chi connectivity index (χ0n) is 12.3. The van der Waals surface area contributed by atoms with Crippen molar-refractivity contribution in [3.05, 3.63) is 35.9 Å². The molecule has 0 N–H and O–H groups in total. The highest BCUT2D eigenvalue weighted by atomic mass is 16.6. The summed E-state index contributed by atoms with van der Waals surface area (Å²) >= 11 is 0. The van der Waals surface area contributed by atoms with Gasteiger partial charge < -0.3 is 14.4 Å². The largest absolute Gasteiger partial charge is 0.369 e. The minimum atomic E-state index is -0.857. The first-order valence-electron chi connectivity index (χ1n) is 6.99. The van der Waals surface area contributed by atoms with Gasteiger partial charge in [0.05, 0.1) is 12.1 Å². The van der Waals surface area contributed by atoms with Gasteiger partial charge in [0.15, 0.2) is 6.10 Å². The van der Waals surface area contributed by atoms with Gasteiger partial charge in [-0.1, -0.05) is 30.3 Å². The SMILES string of the molecule is CO[C@@H]1C(=O)N(C(C)(C)C#N)[C@@H]1[C@@H]1O[C@@H]1c1ccccc1. The molecule has 0 spiro atoms. The average Bonchev–Trinajstić information content (AvgIpc) is 3.25. The molecule has 1 aromatic carbocycles. The second-order valence-corrected chi connectivity index (χ2v) is 5.96. The van der Waals surface area contributed by atoms with Gasteiger partial charge in [-0.15, -0.1) is 0 Å². The second-order valence-electron chi connectivity index (χ2n) is 5.96. The number of β-lactam (4-membered cyclic amide) rings is 1. The van der Waals surface area contributed by atoms with E-state index >= 15 is 0 Å². The van der Waals surface area contributed by atoms with Crippen LogP contribution < -0.4 is 0 Å². The van der Waals surface area contributed by atoms with E-state index < -0.39 is 11.6 Å². The summed E-state index contributed by atoms with van der Waals surface area (Å²) in [6.07, 6.45) is -0.655. The predicted molar refractivity (Wildman–Crippen MR) is 75.2 cm³/mol. The maximum absolute atomic E-state index is 12.2. The molecule has 2 saturated heterocycles. The number of nitriles is 1. The number of carbonyl (C=O) groups excluding carboxylic acids is 1. The van der Waals surface area contributed by atoms with Gasteiger partial charge in [0.1, 0.15) is 17.7 Å². The van der Waals surface area contributed by atoms with Crippen molar-refractivity contribution in [2.24, 2.45) is 0 Å². The van der Waals surface area contributed by atoms with Crippen molar-refractivity contribution in [2.75, 3.05) is 7.11 Å². The Bertz CT molecular complexity index is 593. The van der Waals surface area contributed by atoms with Crippen LogP contribution in [-0.2, 0) is 14.3 Å². The standard InChI is InChI=1S/C16H18N2O3/c1-16(2,9-17)18-11(14(20-3)15(18)19)13-12(21-13)10-7-5-4-6-8-10/h4-8,11-14H,1-3H3/t11-,12-,13+,14+/m1/s1. The lowest BCUT2D eigenvalue weighted by Gasteiger charge is -2.51. The van der Waals surface area contributed by atoms with Crippen LogP contribution in [0.5, 0.6) is 0 Å². The minimum Gasteiger partial charge on any atom is -0.369 e. The molecule has 3 rings (SSSR count). The molecule has 2 aliphatic rings. The van der Waals surface area contributed by atoms with Gasteiger partial charge in [0.2, 0.25) is 0 Å². The molecule has 1 aromatic rings. The monoisotopic (exact) mass is 286 g/mol. The third-order valence-electron chi connectivity index (χ3n) is 4.21. The van der Waals surface area contributed by atoms with Crippen LogP contribution in [0.25, 0.3) is 0 Å². The molecule has 0 bridgehead atoms. The Morgan fingerprint density at radius 2 is 2.00 bits per heavy atom. The average molecular weight is 286 g/mol. The van der Waals surface area contributed by atoms with Crippen molar-refractivity contribution in [1.82, 2.24) is 4.90 Å². The number of ether oxygens (including phenoxy) is 2. The molecular formula is C16H18N2O3. The first kappa shape index (κ1) is 14.1. The molecule has 5 heteroatoms. The van der Waals surface area contributed by atoms with Gasteiger partial charge in [-0.2, -0.15) is 5.26 Å². The lowest BCUT2D eigenvalue weighted by atomic mass is 9.85. The van der Waals surface area contributed by atoms with E-state index in [1.165, 1.54) is 7.11 Å². The number of methoxy groups -OCH3 is 1. The lowest BCUT2D eigenvalue weighted by molar-refractivity contribution is -0.180. The van der Waals surface area contributed by atoms with Crippen LogP contribution in [0, 0.1) is 11.3 Å². The Kier molecular flexibility index (Phi) is 3.23. The molecule has 110 valence electrons. The summed E-state index contributed by atoms with van der Waals surface area (Å²) in [6, 6.07) is 11.9. The second kappa shape index (κ2) is 4.83. The van der Waals surface area contributed by atoms with Crippen molar-refractivity contribution in [2.45, 2.75) is 43.7 Å². The van der Waals surface area contributed by atoms with Crippen LogP contribution in [0.1, 0.15) is 25.5 Å². The molecule has 2 aliphatic heterocycles. The van der Waals surface area contributed by atoms with Crippen molar-refractivity contribution in [1.29, 1.82) is 5.26 Å². The molecule has 2 heterocycles. The Balaban J connectivity index is 1.81. The van der Waals surface area contributed by atoms with E-state index in [0.717, 1.165) is 5.56 Å². The smallest absolute Gasteiger partial charge is 0.255 e. The molecule has 0 radical (unpaired) electrons. The van der Waals surface area contributed by atoms with E-state index in [2.05, 4.69) is 6.07 Å². The summed E-state index contributed by atoms with van der Waals surface area (Å²) in [6.45, 7) is 3.48. The number of hydrogen-bond acceptors (Lipinski definition) is 4. The number of epoxide rings is 1. The topological polar surface area (TPSA) is 65.9 Å². The summed E-state index contributed by atoms with van der Waals surface area (Å²) in [5.74, 6) is -0.142. The molecule has 1 amide bonds. The van der Waals surface area contributed by atoms with Crippen LogP contribution in [0.3, 0.4) is 0 Å². The van der Waals surface area contributed by atoms with Crippen molar-refractivity contribution in [3.63, 3.8) is 0 Å². The third-order valence-corrected chi connectivity index (χ3v) is 4.21. The summed E-state index contributed by atoms with van der Waals surface area (Å²) in [5.41, 5.74) is 0.232. The van der Waals surface area contributed by atoms with Crippen molar-refractivity contribution >= 4 is 5.91 Å².